The minimum Gasteiger partial charge on any atom is -0.355 e. The zero-order chi connectivity index (χ0) is 15.4. The fraction of sp³-hybridized carbons (Fsp3) is 0.125. The molecule has 0 fully saturated rings. The van der Waals surface area contributed by atoms with Gasteiger partial charge in [0.15, 0.2) is 0 Å². The van der Waals surface area contributed by atoms with Crippen molar-refractivity contribution >= 4 is 40.1 Å². The molecule has 0 atom stereocenters. The highest BCUT2D eigenvalue weighted by Gasteiger charge is 2.13. The molecule has 0 saturated heterocycles. The summed E-state index contributed by atoms with van der Waals surface area (Å²) in [7, 11) is 1.58. The Morgan fingerprint density at radius 3 is 2.43 bits per heavy atom. The van der Waals surface area contributed by atoms with E-state index in [9.17, 15) is 9.59 Å². The number of anilines is 1. The van der Waals surface area contributed by atoms with E-state index in [4.69, 9.17) is 0 Å². The molecule has 2 aromatic rings. The van der Waals surface area contributed by atoms with Crippen LogP contribution in [0, 0.1) is 10.5 Å². The van der Waals surface area contributed by atoms with Crippen LogP contribution in [0.3, 0.4) is 0 Å². The normalized spacial score (nSPS) is 10.0. The van der Waals surface area contributed by atoms with Gasteiger partial charge >= 0.3 is 0 Å². The van der Waals surface area contributed by atoms with Crippen LogP contribution in [0.1, 0.15) is 26.3 Å². The molecule has 5 heteroatoms. The third-order valence-corrected chi connectivity index (χ3v) is 3.81. The van der Waals surface area contributed by atoms with Gasteiger partial charge in [-0.25, -0.2) is 0 Å². The van der Waals surface area contributed by atoms with Gasteiger partial charge in [-0.05, 0) is 65.4 Å². The molecule has 0 saturated carbocycles. The number of benzene rings is 2. The maximum absolute atomic E-state index is 12.3. The Hall–Kier alpha value is -1.89. The van der Waals surface area contributed by atoms with Gasteiger partial charge in [0.2, 0.25) is 0 Å². The second kappa shape index (κ2) is 6.71. The first kappa shape index (κ1) is 15.5. The first-order valence-electron chi connectivity index (χ1n) is 6.41. The van der Waals surface area contributed by atoms with Crippen LogP contribution in [0.4, 0.5) is 5.69 Å². The van der Waals surface area contributed by atoms with Gasteiger partial charge in [-0.1, -0.05) is 12.1 Å². The van der Waals surface area contributed by atoms with Crippen molar-refractivity contribution in [3.63, 3.8) is 0 Å². The van der Waals surface area contributed by atoms with E-state index in [1.54, 1.807) is 31.3 Å². The SMILES string of the molecule is CNC(=O)c1cccc(NC(=O)c2cccc(I)c2)c1C. The molecular formula is C16H15IN2O2. The molecule has 2 aromatic carbocycles. The number of hydrogen-bond donors (Lipinski definition) is 2. The Kier molecular flexibility index (Phi) is 4.95. The average Bonchev–Trinajstić information content (AvgIpc) is 2.48. The maximum atomic E-state index is 12.3. The molecule has 0 bridgehead atoms. The number of halogens is 1. The van der Waals surface area contributed by atoms with Gasteiger partial charge in [0.05, 0.1) is 0 Å². The van der Waals surface area contributed by atoms with Crippen LogP contribution in [0.2, 0.25) is 0 Å². The Morgan fingerprint density at radius 1 is 1.05 bits per heavy atom. The van der Waals surface area contributed by atoms with Crippen LogP contribution < -0.4 is 10.6 Å². The summed E-state index contributed by atoms with van der Waals surface area (Å²) in [5, 5.41) is 5.44. The van der Waals surface area contributed by atoms with Gasteiger partial charge in [0.25, 0.3) is 11.8 Å². The van der Waals surface area contributed by atoms with Crippen molar-refractivity contribution in [1.82, 2.24) is 5.32 Å². The van der Waals surface area contributed by atoms with E-state index in [2.05, 4.69) is 33.2 Å². The molecule has 108 valence electrons. The molecule has 0 aliphatic rings. The van der Waals surface area contributed by atoms with Crippen LogP contribution >= 0.6 is 22.6 Å². The molecule has 2 rings (SSSR count). The molecule has 2 N–H and O–H groups in total. The van der Waals surface area contributed by atoms with Crippen molar-refractivity contribution < 1.29 is 9.59 Å². The highest BCUT2D eigenvalue weighted by molar-refractivity contribution is 14.1. The van der Waals surface area contributed by atoms with E-state index < -0.39 is 0 Å². The number of nitrogens with one attached hydrogen (secondary N) is 2. The first-order chi connectivity index (χ1) is 10.0. The molecule has 2 amide bonds. The Labute approximate surface area is 137 Å². The zero-order valence-corrected chi connectivity index (χ0v) is 13.9. The van der Waals surface area contributed by atoms with Crippen molar-refractivity contribution in [2.75, 3.05) is 12.4 Å². The van der Waals surface area contributed by atoms with Gasteiger partial charge in [-0.3, -0.25) is 9.59 Å². The smallest absolute Gasteiger partial charge is 0.255 e. The van der Waals surface area contributed by atoms with Crippen molar-refractivity contribution in [3.8, 4) is 0 Å². The minimum absolute atomic E-state index is 0.169. The fourth-order valence-corrected chi connectivity index (χ4v) is 2.52. The topological polar surface area (TPSA) is 58.2 Å². The Morgan fingerprint density at radius 2 is 1.76 bits per heavy atom. The van der Waals surface area contributed by atoms with Crippen molar-refractivity contribution in [2.24, 2.45) is 0 Å². The largest absolute Gasteiger partial charge is 0.355 e. The third kappa shape index (κ3) is 3.60. The number of carbonyl (C=O) groups is 2. The lowest BCUT2D eigenvalue weighted by Crippen LogP contribution is -2.20. The van der Waals surface area contributed by atoms with Crippen LogP contribution in [-0.2, 0) is 0 Å². The quantitative estimate of drug-likeness (QED) is 0.786. The predicted molar refractivity (Wildman–Crippen MR) is 91.7 cm³/mol. The van der Waals surface area contributed by atoms with Crippen LogP contribution in [-0.4, -0.2) is 18.9 Å². The summed E-state index contributed by atoms with van der Waals surface area (Å²) < 4.78 is 0.996. The second-order valence-electron chi connectivity index (χ2n) is 4.52. The lowest BCUT2D eigenvalue weighted by atomic mass is 10.1. The van der Waals surface area contributed by atoms with Crippen molar-refractivity contribution in [3.05, 3.63) is 62.7 Å². The lowest BCUT2D eigenvalue weighted by Gasteiger charge is -2.12. The fourth-order valence-electron chi connectivity index (χ4n) is 1.98. The molecule has 0 aliphatic heterocycles. The lowest BCUT2D eigenvalue weighted by molar-refractivity contribution is 0.0960. The van der Waals surface area contributed by atoms with Crippen LogP contribution in [0.5, 0.6) is 0 Å². The van der Waals surface area contributed by atoms with Gasteiger partial charge < -0.3 is 10.6 Å². The monoisotopic (exact) mass is 394 g/mol. The van der Waals surface area contributed by atoms with Crippen LogP contribution in [0.15, 0.2) is 42.5 Å². The summed E-state index contributed by atoms with van der Waals surface area (Å²) >= 11 is 2.16. The van der Waals surface area contributed by atoms with E-state index >= 15 is 0 Å². The Bertz CT molecular complexity index is 698. The molecular weight excluding hydrogens is 379 g/mol. The summed E-state index contributed by atoms with van der Waals surface area (Å²) in [6, 6.07) is 12.6. The number of hydrogen-bond acceptors (Lipinski definition) is 2. The van der Waals surface area contributed by atoms with E-state index in [1.807, 2.05) is 25.1 Å². The van der Waals surface area contributed by atoms with Gasteiger partial charge in [0, 0.05) is 27.4 Å². The summed E-state index contributed by atoms with van der Waals surface area (Å²) in [6.07, 6.45) is 0. The van der Waals surface area contributed by atoms with Gasteiger partial charge in [0.1, 0.15) is 0 Å². The summed E-state index contributed by atoms with van der Waals surface area (Å²) in [5.41, 5.74) is 2.53. The van der Waals surface area contributed by atoms with E-state index in [-0.39, 0.29) is 11.8 Å². The second-order valence-corrected chi connectivity index (χ2v) is 5.77. The van der Waals surface area contributed by atoms with Gasteiger partial charge in [-0.2, -0.15) is 0 Å². The van der Waals surface area contributed by atoms with E-state index in [1.165, 1.54) is 0 Å². The van der Waals surface area contributed by atoms with Crippen molar-refractivity contribution in [2.45, 2.75) is 6.92 Å². The molecule has 0 aliphatic carbocycles. The first-order valence-corrected chi connectivity index (χ1v) is 7.49. The molecule has 0 unspecified atom stereocenters. The van der Waals surface area contributed by atoms with Crippen molar-refractivity contribution in [1.29, 1.82) is 0 Å². The summed E-state index contributed by atoms with van der Waals surface area (Å²) in [4.78, 5) is 24.0. The average molecular weight is 394 g/mol. The number of carbonyl (C=O) groups excluding carboxylic acids is 2. The molecule has 0 aromatic heterocycles. The summed E-state index contributed by atoms with van der Waals surface area (Å²) in [6.45, 7) is 1.81. The zero-order valence-electron chi connectivity index (χ0n) is 11.7. The highest BCUT2D eigenvalue weighted by Crippen LogP contribution is 2.20. The maximum Gasteiger partial charge on any atom is 0.255 e. The van der Waals surface area contributed by atoms with E-state index in [0.29, 0.717) is 16.8 Å². The summed E-state index contributed by atoms with van der Waals surface area (Å²) in [5.74, 6) is -0.358. The van der Waals surface area contributed by atoms with Crippen LogP contribution in [0.25, 0.3) is 0 Å². The minimum atomic E-state index is -0.189. The number of amides is 2. The molecule has 0 spiro atoms. The third-order valence-electron chi connectivity index (χ3n) is 3.14. The molecule has 21 heavy (non-hydrogen) atoms. The standard InChI is InChI=1S/C16H15IN2O2/c1-10-13(16(21)18-2)7-4-8-14(10)19-15(20)11-5-3-6-12(17)9-11/h3-9H,1-2H3,(H,18,21)(H,19,20). The molecule has 0 heterocycles. The highest BCUT2D eigenvalue weighted by atomic mass is 127. The molecule has 4 nitrogen and oxygen atoms in total. The van der Waals surface area contributed by atoms with E-state index in [0.717, 1.165) is 9.13 Å². The van der Waals surface area contributed by atoms with Gasteiger partial charge in [-0.15, -0.1) is 0 Å². The Balaban J connectivity index is 2.28. The predicted octanol–water partition coefficient (Wildman–Crippen LogP) is 3.21. The molecule has 0 radical (unpaired) electrons. The number of rotatable bonds is 3.